The van der Waals surface area contributed by atoms with Crippen LogP contribution in [0, 0.1) is 0 Å². The summed E-state index contributed by atoms with van der Waals surface area (Å²) < 4.78 is 12.7. The third-order valence-electron chi connectivity index (χ3n) is 9.48. The molecule has 0 saturated heterocycles. The molecule has 2 heterocycles. The van der Waals surface area contributed by atoms with E-state index in [4.69, 9.17) is 9.47 Å². The minimum Gasteiger partial charge on any atom is -0.871 e. The van der Waals surface area contributed by atoms with Gasteiger partial charge in [0, 0.05) is 34.8 Å². The molecule has 3 aromatic rings. The lowest BCUT2D eigenvalue weighted by Crippen LogP contribution is -2.32. The number of unbranched alkanes of at least 4 members (excludes halogenated alkanes) is 10. The predicted octanol–water partition coefficient (Wildman–Crippen LogP) is 7.23. The lowest BCUT2D eigenvalue weighted by atomic mass is 9.82. The molecule has 1 aliphatic carbocycles. The molecular weight excluding hydrogens is 709 g/mol. The third kappa shape index (κ3) is 11.6. The topological polar surface area (TPSA) is 149 Å². The summed E-state index contributed by atoms with van der Waals surface area (Å²) in [5, 5.41) is 13.4. The molecule has 0 amide bonds. The number of hydrogen-bond donors (Lipinski definition) is 0. The van der Waals surface area contributed by atoms with Crippen molar-refractivity contribution in [3.63, 3.8) is 0 Å². The van der Waals surface area contributed by atoms with Gasteiger partial charge in [-0.05, 0) is 37.1 Å². The number of guanidine groups is 1. The first-order chi connectivity index (χ1) is 27.4. The van der Waals surface area contributed by atoms with Gasteiger partial charge < -0.3 is 14.6 Å². The monoisotopic (exact) mass is 760 g/mol. The fourth-order valence-electron chi connectivity index (χ4n) is 6.35. The number of nitrogens with zero attached hydrogens (tertiary/aromatic N) is 6. The van der Waals surface area contributed by atoms with E-state index in [1.165, 1.54) is 63.3 Å². The summed E-state index contributed by atoms with van der Waals surface area (Å²) in [7, 11) is 0. The highest BCUT2D eigenvalue weighted by molar-refractivity contribution is 6.41. The number of ether oxygens (including phenoxy) is 2. The molecule has 0 fully saturated rings. The van der Waals surface area contributed by atoms with Gasteiger partial charge in [-0.1, -0.05) is 130 Å². The predicted molar refractivity (Wildman–Crippen MR) is 216 cm³/mol. The van der Waals surface area contributed by atoms with E-state index in [1.54, 1.807) is 9.48 Å². The molecule has 0 bridgehead atoms. The van der Waals surface area contributed by atoms with Crippen molar-refractivity contribution in [2.24, 2.45) is 9.98 Å². The van der Waals surface area contributed by atoms with E-state index in [0.717, 1.165) is 38.5 Å². The van der Waals surface area contributed by atoms with Crippen molar-refractivity contribution in [3.05, 3.63) is 95.5 Å². The van der Waals surface area contributed by atoms with Crippen molar-refractivity contribution < 1.29 is 33.5 Å². The van der Waals surface area contributed by atoms with E-state index in [9.17, 15) is 19.5 Å². The number of esters is 2. The van der Waals surface area contributed by atoms with Crippen LogP contribution in [0.3, 0.4) is 0 Å². The first kappa shape index (κ1) is 41.4. The zero-order valence-electron chi connectivity index (χ0n) is 32.5. The summed E-state index contributed by atoms with van der Waals surface area (Å²) in [4.78, 5) is 58.5. The maximum Gasteiger partial charge on any atom is 0.433 e. The number of carbonyl (C=O) groups is 3. The summed E-state index contributed by atoms with van der Waals surface area (Å²) >= 11 is 0. The zero-order chi connectivity index (χ0) is 39.5. The number of aromatic nitrogens is 2. The highest BCUT2D eigenvalue weighted by Gasteiger charge is 2.33. The van der Waals surface area contributed by atoms with E-state index >= 15 is 0 Å². The smallest absolute Gasteiger partial charge is 0.433 e. The van der Waals surface area contributed by atoms with Crippen molar-refractivity contribution in [1.82, 2.24) is 9.97 Å². The summed E-state index contributed by atoms with van der Waals surface area (Å²) in [6, 6.07) is 18.5. The molecule has 0 atom stereocenters. The molecule has 0 saturated carbocycles. The SMILES string of the molecule is CCCCCCCCOC(=O)CN(c1ccccc1)c1ncc(C2=C([O-])C(=C3C=NC(=[N+](CC(=O)OCCCCCCCC)c4ccccc4)N=C3)C2=O)cn1. The number of anilines is 2. The fraction of sp³-hybridized carbons (Fsp3) is 0.409. The standard InChI is InChI=1S/C44H52N6O6/c1-3-5-7-9-11-19-25-55-37(51)31-49(35-21-15-13-16-22-35)43-45-27-33(28-46-43)39-41(53)40(42(39)54)34-29-47-44(48-30-34)50(36-23-17-14-18-24-36)32-38(52)56-26-20-12-10-8-6-4-2/h13-18,21-24,27-30H,3-12,19-20,25-26,31-32H2,1-2H3. The molecule has 56 heavy (non-hydrogen) atoms. The molecule has 2 aromatic carbocycles. The van der Waals surface area contributed by atoms with Gasteiger partial charge in [0.15, 0.2) is 12.3 Å². The van der Waals surface area contributed by atoms with Crippen LogP contribution in [0.5, 0.6) is 0 Å². The summed E-state index contributed by atoms with van der Waals surface area (Å²) in [6.07, 6.45) is 18.7. The van der Waals surface area contributed by atoms with Gasteiger partial charge in [-0.25, -0.2) is 19.3 Å². The first-order valence-electron chi connectivity index (χ1n) is 19.9. The number of benzene rings is 2. The number of aliphatic imine (C=N–C) groups is 2. The van der Waals surface area contributed by atoms with Crippen LogP contribution < -0.4 is 10.0 Å². The van der Waals surface area contributed by atoms with Crippen LogP contribution in [-0.2, 0) is 23.9 Å². The Bertz CT molecular complexity index is 1920. The quantitative estimate of drug-likeness (QED) is 0.0448. The lowest BCUT2D eigenvalue weighted by Gasteiger charge is -2.31. The number of hydrogen-bond acceptors (Lipinski definition) is 9. The van der Waals surface area contributed by atoms with Gasteiger partial charge in [-0.2, -0.15) is 0 Å². The first-order valence-corrected chi connectivity index (χ1v) is 19.9. The van der Waals surface area contributed by atoms with Crippen molar-refractivity contribution in [2.45, 2.75) is 90.9 Å². The normalized spacial score (nSPS) is 13.5. The molecule has 0 radical (unpaired) electrons. The van der Waals surface area contributed by atoms with Crippen molar-refractivity contribution in [2.75, 3.05) is 31.2 Å². The third-order valence-corrected chi connectivity index (χ3v) is 9.48. The van der Waals surface area contributed by atoms with Gasteiger partial charge in [0.25, 0.3) is 0 Å². The van der Waals surface area contributed by atoms with Crippen molar-refractivity contribution in [3.8, 4) is 0 Å². The van der Waals surface area contributed by atoms with E-state index in [1.807, 2.05) is 60.7 Å². The number of ketones is 1. The van der Waals surface area contributed by atoms with Crippen LogP contribution in [0.1, 0.15) is 96.5 Å². The van der Waals surface area contributed by atoms with Gasteiger partial charge in [0.1, 0.15) is 24.7 Å². The second kappa shape index (κ2) is 21.9. The second-order valence-corrected chi connectivity index (χ2v) is 13.8. The average molecular weight is 761 g/mol. The largest absolute Gasteiger partial charge is 0.871 e. The molecule has 294 valence electrons. The lowest BCUT2D eigenvalue weighted by molar-refractivity contribution is -0.433. The van der Waals surface area contributed by atoms with E-state index in [0.29, 0.717) is 24.6 Å². The fourth-order valence-corrected chi connectivity index (χ4v) is 6.35. The van der Waals surface area contributed by atoms with Crippen LogP contribution in [0.15, 0.2) is 99.9 Å². The summed E-state index contributed by atoms with van der Waals surface area (Å²) in [5.41, 5.74) is 1.82. The highest BCUT2D eigenvalue weighted by atomic mass is 16.5. The summed E-state index contributed by atoms with van der Waals surface area (Å²) in [5.74, 6) is -1.32. The van der Waals surface area contributed by atoms with Crippen LogP contribution in [0.4, 0.5) is 17.3 Å². The van der Waals surface area contributed by atoms with E-state index < -0.39 is 23.5 Å². The molecule has 2 aliphatic rings. The van der Waals surface area contributed by atoms with Crippen LogP contribution in [0.2, 0.25) is 0 Å². The molecule has 1 aromatic heterocycles. The minimum absolute atomic E-state index is 0.0424. The van der Waals surface area contributed by atoms with Crippen LogP contribution >= 0.6 is 0 Å². The Balaban J connectivity index is 1.26. The molecular formula is C44H52N6O6. The Kier molecular flexibility index (Phi) is 16.2. The molecule has 1 aliphatic heterocycles. The van der Waals surface area contributed by atoms with Gasteiger partial charge >= 0.3 is 17.9 Å². The van der Waals surface area contributed by atoms with Crippen LogP contribution in [0.25, 0.3) is 5.57 Å². The minimum atomic E-state index is -0.473. The molecule has 5 rings (SSSR count). The average Bonchev–Trinajstić information content (AvgIpc) is 3.22. The number of para-hydroxylation sites is 2. The van der Waals surface area contributed by atoms with Crippen molar-refractivity contribution in [1.29, 1.82) is 0 Å². The molecule has 0 spiro atoms. The molecule has 12 heteroatoms. The molecule has 12 nitrogen and oxygen atoms in total. The summed E-state index contributed by atoms with van der Waals surface area (Å²) in [6.45, 7) is 4.84. The van der Waals surface area contributed by atoms with Gasteiger partial charge in [-0.3, -0.25) is 14.5 Å². The Hall–Kier alpha value is -5.78. The zero-order valence-corrected chi connectivity index (χ0v) is 32.5. The van der Waals surface area contributed by atoms with Gasteiger partial charge in [0.2, 0.25) is 5.95 Å². The Labute approximate surface area is 329 Å². The number of allylic oxidation sites excluding steroid dienone is 3. The van der Waals surface area contributed by atoms with Gasteiger partial charge in [0.05, 0.1) is 18.8 Å². The Morgan fingerprint density at radius 2 is 1.23 bits per heavy atom. The number of rotatable bonds is 22. The maximum atomic E-state index is 13.4. The molecule has 0 N–H and O–H groups in total. The Morgan fingerprint density at radius 3 is 1.80 bits per heavy atom. The number of carbonyl (C=O) groups excluding carboxylic acids is 3. The van der Waals surface area contributed by atoms with E-state index in [-0.39, 0.29) is 47.3 Å². The molecule has 0 unspecified atom stereocenters. The van der Waals surface area contributed by atoms with Gasteiger partial charge in [-0.15, -0.1) is 0 Å². The Morgan fingerprint density at radius 1 is 0.696 bits per heavy atom. The van der Waals surface area contributed by atoms with Crippen LogP contribution in [-0.4, -0.2) is 77.0 Å². The maximum absolute atomic E-state index is 13.4. The second-order valence-electron chi connectivity index (χ2n) is 13.8. The number of Topliss-reactive ketones (excluding diaryl/α,β-unsaturated/α-hetero) is 1. The highest BCUT2D eigenvalue weighted by Crippen LogP contribution is 2.36. The van der Waals surface area contributed by atoms with Crippen molar-refractivity contribution >= 4 is 59.0 Å². The van der Waals surface area contributed by atoms with E-state index in [2.05, 4.69) is 33.8 Å².